The third kappa shape index (κ3) is 4.51. The Kier molecular flexibility index (Phi) is 6.54. The lowest BCUT2D eigenvalue weighted by molar-refractivity contribution is 0.0511. The maximum atomic E-state index is 12.8. The van der Waals surface area contributed by atoms with Crippen LogP contribution in [0, 0.1) is 3.57 Å². The fourth-order valence-corrected chi connectivity index (χ4v) is 3.06. The van der Waals surface area contributed by atoms with Crippen molar-refractivity contribution in [1.82, 2.24) is 4.57 Å². The zero-order valence-electron chi connectivity index (χ0n) is 12.1. The minimum absolute atomic E-state index is 0.103. The molecular formula is C15H13BrF2INO3. The average Bonchev–Trinajstić information content (AvgIpc) is 2.50. The van der Waals surface area contributed by atoms with Crippen LogP contribution in [0.4, 0.5) is 8.78 Å². The van der Waals surface area contributed by atoms with Crippen LogP contribution in [-0.2, 0) is 11.3 Å². The van der Waals surface area contributed by atoms with Gasteiger partial charge in [-0.3, -0.25) is 4.79 Å². The van der Waals surface area contributed by atoms with E-state index in [1.54, 1.807) is 30.3 Å². The summed E-state index contributed by atoms with van der Waals surface area (Å²) in [5, 5.41) is 0. The SMILES string of the molecule is COCOc1ccc(-c2ccc(I)c(=O)n2CC(F)F)c(Br)c1. The summed E-state index contributed by atoms with van der Waals surface area (Å²) in [4.78, 5) is 12.2. The average molecular weight is 500 g/mol. The van der Waals surface area contributed by atoms with Gasteiger partial charge in [-0.15, -0.1) is 0 Å². The van der Waals surface area contributed by atoms with Crippen molar-refractivity contribution in [3.05, 3.63) is 48.7 Å². The molecular weight excluding hydrogens is 487 g/mol. The normalized spacial score (nSPS) is 11.0. The molecule has 0 saturated carbocycles. The van der Waals surface area contributed by atoms with Crippen LogP contribution in [0.5, 0.6) is 5.75 Å². The van der Waals surface area contributed by atoms with Gasteiger partial charge in [0.25, 0.3) is 12.0 Å². The smallest absolute Gasteiger partial charge is 0.264 e. The maximum Gasteiger partial charge on any atom is 0.264 e. The largest absolute Gasteiger partial charge is 0.468 e. The molecule has 2 aromatic rings. The summed E-state index contributed by atoms with van der Waals surface area (Å²) in [5.41, 5.74) is 0.611. The number of nitrogens with zero attached hydrogens (tertiary/aromatic N) is 1. The second-order valence-electron chi connectivity index (χ2n) is 4.57. The molecule has 8 heteroatoms. The van der Waals surface area contributed by atoms with Crippen LogP contribution in [0.2, 0.25) is 0 Å². The summed E-state index contributed by atoms with van der Waals surface area (Å²) in [6.45, 7) is -0.551. The van der Waals surface area contributed by atoms with Crippen LogP contribution in [-0.4, -0.2) is 24.9 Å². The minimum Gasteiger partial charge on any atom is -0.468 e. The highest BCUT2D eigenvalue weighted by Crippen LogP contribution is 2.31. The lowest BCUT2D eigenvalue weighted by Gasteiger charge is -2.15. The van der Waals surface area contributed by atoms with Crippen LogP contribution in [0.15, 0.2) is 39.6 Å². The number of halogens is 4. The number of aromatic nitrogens is 1. The molecule has 4 nitrogen and oxygen atoms in total. The molecule has 124 valence electrons. The first-order chi connectivity index (χ1) is 10.9. The molecule has 0 aliphatic rings. The quantitative estimate of drug-likeness (QED) is 0.443. The lowest BCUT2D eigenvalue weighted by atomic mass is 10.1. The Morgan fingerprint density at radius 3 is 2.65 bits per heavy atom. The number of alkyl halides is 2. The van der Waals surface area contributed by atoms with E-state index in [9.17, 15) is 13.6 Å². The highest BCUT2D eigenvalue weighted by atomic mass is 127. The van der Waals surface area contributed by atoms with Gasteiger partial charge < -0.3 is 14.0 Å². The van der Waals surface area contributed by atoms with Crippen molar-refractivity contribution in [1.29, 1.82) is 0 Å². The van der Waals surface area contributed by atoms with E-state index in [0.717, 1.165) is 4.57 Å². The Hall–Kier alpha value is -1.00. The molecule has 0 spiro atoms. The minimum atomic E-state index is -2.62. The molecule has 0 amide bonds. The van der Waals surface area contributed by atoms with E-state index in [2.05, 4.69) is 15.9 Å². The van der Waals surface area contributed by atoms with Crippen LogP contribution in [0.25, 0.3) is 11.3 Å². The van der Waals surface area contributed by atoms with Gasteiger partial charge in [0.1, 0.15) is 5.75 Å². The Morgan fingerprint density at radius 2 is 2.04 bits per heavy atom. The van der Waals surface area contributed by atoms with E-state index < -0.39 is 18.5 Å². The summed E-state index contributed by atoms with van der Waals surface area (Å²) in [6.07, 6.45) is -2.62. The highest BCUT2D eigenvalue weighted by Gasteiger charge is 2.15. The molecule has 0 N–H and O–H groups in total. The van der Waals surface area contributed by atoms with Gasteiger partial charge in [-0.25, -0.2) is 8.78 Å². The van der Waals surface area contributed by atoms with E-state index in [4.69, 9.17) is 9.47 Å². The van der Waals surface area contributed by atoms with Crippen molar-refractivity contribution in [2.45, 2.75) is 13.0 Å². The molecule has 0 saturated heterocycles. The predicted molar refractivity (Wildman–Crippen MR) is 95.1 cm³/mol. The van der Waals surface area contributed by atoms with Gasteiger partial charge in [-0.2, -0.15) is 0 Å². The Morgan fingerprint density at radius 1 is 1.30 bits per heavy atom. The van der Waals surface area contributed by atoms with E-state index in [1.165, 1.54) is 7.11 Å². The summed E-state index contributed by atoms with van der Waals surface area (Å²) in [5.74, 6) is 0.566. The first-order valence-corrected chi connectivity index (χ1v) is 8.40. The van der Waals surface area contributed by atoms with Crippen molar-refractivity contribution in [2.75, 3.05) is 13.9 Å². The van der Waals surface area contributed by atoms with E-state index in [-0.39, 0.29) is 6.79 Å². The molecule has 1 heterocycles. The summed E-state index contributed by atoms with van der Waals surface area (Å²) in [7, 11) is 1.51. The predicted octanol–water partition coefficient (Wildman–Crippen LogP) is 4.13. The molecule has 0 radical (unpaired) electrons. The lowest BCUT2D eigenvalue weighted by Crippen LogP contribution is -2.26. The van der Waals surface area contributed by atoms with Gasteiger partial charge in [0.05, 0.1) is 15.8 Å². The Balaban J connectivity index is 2.49. The molecule has 1 aromatic heterocycles. The summed E-state index contributed by atoms with van der Waals surface area (Å²) >= 11 is 5.23. The van der Waals surface area contributed by atoms with Gasteiger partial charge in [0.2, 0.25) is 0 Å². The molecule has 0 atom stereocenters. The molecule has 23 heavy (non-hydrogen) atoms. The molecule has 0 bridgehead atoms. The molecule has 2 rings (SSSR count). The third-order valence-corrected chi connectivity index (χ3v) is 4.49. The van der Waals surface area contributed by atoms with Crippen LogP contribution < -0.4 is 10.3 Å². The van der Waals surface area contributed by atoms with Crippen LogP contribution in [0.1, 0.15) is 0 Å². The van der Waals surface area contributed by atoms with E-state index >= 15 is 0 Å². The highest BCUT2D eigenvalue weighted by molar-refractivity contribution is 14.1. The zero-order chi connectivity index (χ0) is 17.0. The number of ether oxygens (including phenoxy) is 2. The molecule has 0 fully saturated rings. The molecule has 0 aliphatic carbocycles. The van der Waals surface area contributed by atoms with Crippen molar-refractivity contribution in [3.63, 3.8) is 0 Å². The van der Waals surface area contributed by atoms with Crippen molar-refractivity contribution >= 4 is 38.5 Å². The monoisotopic (exact) mass is 499 g/mol. The Labute approximate surface area is 153 Å². The molecule has 1 aromatic carbocycles. The van der Waals surface area contributed by atoms with Crippen LogP contribution >= 0.6 is 38.5 Å². The van der Waals surface area contributed by atoms with Gasteiger partial charge >= 0.3 is 0 Å². The Bertz CT molecular complexity index is 752. The van der Waals surface area contributed by atoms with Crippen molar-refractivity contribution in [2.24, 2.45) is 0 Å². The second-order valence-corrected chi connectivity index (χ2v) is 6.58. The fourth-order valence-electron chi connectivity index (χ4n) is 2.03. The summed E-state index contributed by atoms with van der Waals surface area (Å²) < 4.78 is 37.9. The van der Waals surface area contributed by atoms with Crippen molar-refractivity contribution < 1.29 is 18.3 Å². The molecule has 0 aliphatic heterocycles. The topological polar surface area (TPSA) is 40.5 Å². The number of hydrogen-bond donors (Lipinski definition) is 0. The van der Waals surface area contributed by atoms with Crippen molar-refractivity contribution in [3.8, 4) is 17.0 Å². The van der Waals surface area contributed by atoms with Gasteiger partial charge in [-0.05, 0) is 68.9 Å². The number of hydrogen-bond acceptors (Lipinski definition) is 3. The van der Waals surface area contributed by atoms with E-state index in [0.29, 0.717) is 25.0 Å². The number of rotatable bonds is 6. The first kappa shape index (κ1) is 18.3. The number of benzene rings is 1. The fraction of sp³-hybridized carbons (Fsp3) is 0.267. The van der Waals surface area contributed by atoms with Crippen LogP contribution in [0.3, 0.4) is 0 Å². The van der Waals surface area contributed by atoms with Gasteiger partial charge in [-0.1, -0.05) is 0 Å². The number of pyridine rings is 1. The number of methoxy groups -OCH3 is 1. The first-order valence-electron chi connectivity index (χ1n) is 6.53. The zero-order valence-corrected chi connectivity index (χ0v) is 15.8. The summed E-state index contributed by atoms with van der Waals surface area (Å²) in [6, 6.07) is 8.36. The maximum absolute atomic E-state index is 12.8. The standard InChI is InChI=1S/C15H13BrF2INO3/c1-22-8-23-9-2-3-10(11(16)6-9)13-5-4-12(19)15(21)20(13)7-14(17)18/h2-6,14H,7-8H2,1H3. The van der Waals surface area contributed by atoms with Gasteiger partial charge in [0.15, 0.2) is 6.79 Å². The second kappa shape index (κ2) is 8.20. The molecule has 0 unspecified atom stereocenters. The van der Waals surface area contributed by atoms with E-state index in [1.807, 2.05) is 22.6 Å². The van der Waals surface area contributed by atoms with Gasteiger partial charge in [0, 0.05) is 17.1 Å². The third-order valence-electron chi connectivity index (χ3n) is 3.01.